The average Bonchev–Trinajstić information content (AvgIpc) is 2.37. The molecule has 1 amide bonds. The molecule has 0 aliphatic heterocycles. The van der Waals surface area contributed by atoms with Gasteiger partial charge in [-0.15, -0.1) is 11.8 Å². The minimum absolute atomic E-state index is 0.0761. The molecular formula is C14H20ClNOS. The maximum Gasteiger partial charge on any atom is 0.233 e. The van der Waals surface area contributed by atoms with E-state index in [-0.39, 0.29) is 11.2 Å². The molecule has 0 heterocycles. The summed E-state index contributed by atoms with van der Waals surface area (Å²) in [5.41, 5.74) is 0. The summed E-state index contributed by atoms with van der Waals surface area (Å²) < 4.78 is 0. The number of amides is 1. The highest BCUT2D eigenvalue weighted by Crippen LogP contribution is 2.24. The molecule has 1 aromatic carbocycles. The highest BCUT2D eigenvalue weighted by atomic mass is 35.5. The topological polar surface area (TPSA) is 29.1 Å². The number of unbranched alkanes of at least 4 members (excludes halogenated alkanes) is 2. The third kappa shape index (κ3) is 5.78. The molecule has 1 atom stereocenters. The van der Waals surface area contributed by atoms with Crippen LogP contribution in [0.1, 0.15) is 33.1 Å². The van der Waals surface area contributed by atoms with Gasteiger partial charge in [-0.2, -0.15) is 0 Å². The van der Waals surface area contributed by atoms with Crippen molar-refractivity contribution in [1.82, 2.24) is 5.32 Å². The SMILES string of the molecule is CCCCCNC(=O)[C@H](C)Sc1ccc(Cl)cc1. The van der Waals surface area contributed by atoms with E-state index in [1.807, 2.05) is 31.2 Å². The second-order valence-electron chi connectivity index (χ2n) is 4.21. The summed E-state index contributed by atoms with van der Waals surface area (Å²) in [6.45, 7) is 4.85. The molecular weight excluding hydrogens is 266 g/mol. The van der Waals surface area contributed by atoms with Crippen molar-refractivity contribution in [2.75, 3.05) is 6.54 Å². The van der Waals surface area contributed by atoms with Crippen LogP contribution >= 0.6 is 23.4 Å². The zero-order chi connectivity index (χ0) is 13.4. The van der Waals surface area contributed by atoms with Gasteiger partial charge in [0.05, 0.1) is 5.25 Å². The zero-order valence-corrected chi connectivity index (χ0v) is 12.5. The van der Waals surface area contributed by atoms with Crippen LogP contribution < -0.4 is 5.32 Å². The van der Waals surface area contributed by atoms with E-state index in [9.17, 15) is 4.79 Å². The van der Waals surface area contributed by atoms with Gasteiger partial charge in [0.1, 0.15) is 0 Å². The lowest BCUT2D eigenvalue weighted by Crippen LogP contribution is -2.31. The number of thioether (sulfide) groups is 1. The molecule has 0 spiro atoms. The summed E-state index contributed by atoms with van der Waals surface area (Å²) in [6.07, 6.45) is 3.39. The molecule has 1 N–H and O–H groups in total. The van der Waals surface area contributed by atoms with Gasteiger partial charge in [0.25, 0.3) is 0 Å². The highest BCUT2D eigenvalue weighted by Gasteiger charge is 2.13. The maximum absolute atomic E-state index is 11.8. The minimum Gasteiger partial charge on any atom is -0.355 e. The fourth-order valence-electron chi connectivity index (χ4n) is 1.50. The van der Waals surface area contributed by atoms with Crippen LogP contribution in [0, 0.1) is 0 Å². The fraction of sp³-hybridized carbons (Fsp3) is 0.500. The van der Waals surface area contributed by atoms with Crippen LogP contribution in [-0.2, 0) is 4.79 Å². The first-order valence-electron chi connectivity index (χ1n) is 6.33. The molecule has 1 rings (SSSR count). The quantitative estimate of drug-likeness (QED) is 0.603. The lowest BCUT2D eigenvalue weighted by Gasteiger charge is -2.11. The molecule has 0 saturated heterocycles. The van der Waals surface area contributed by atoms with E-state index in [2.05, 4.69) is 12.2 Å². The summed E-state index contributed by atoms with van der Waals surface area (Å²) in [5, 5.41) is 3.61. The van der Waals surface area contributed by atoms with Crippen molar-refractivity contribution >= 4 is 29.3 Å². The van der Waals surface area contributed by atoms with E-state index < -0.39 is 0 Å². The number of rotatable bonds is 7. The molecule has 0 fully saturated rings. The van der Waals surface area contributed by atoms with E-state index in [1.54, 1.807) is 11.8 Å². The van der Waals surface area contributed by atoms with Crippen molar-refractivity contribution < 1.29 is 4.79 Å². The van der Waals surface area contributed by atoms with Crippen molar-refractivity contribution in [3.05, 3.63) is 29.3 Å². The Kier molecular flexibility index (Phi) is 7.21. The van der Waals surface area contributed by atoms with Crippen LogP contribution in [0.3, 0.4) is 0 Å². The summed E-state index contributed by atoms with van der Waals surface area (Å²) >= 11 is 7.37. The van der Waals surface area contributed by atoms with E-state index in [1.165, 1.54) is 12.8 Å². The van der Waals surface area contributed by atoms with Gasteiger partial charge in [-0.25, -0.2) is 0 Å². The van der Waals surface area contributed by atoms with Crippen LogP contribution in [-0.4, -0.2) is 17.7 Å². The molecule has 0 aliphatic rings. The lowest BCUT2D eigenvalue weighted by molar-refractivity contribution is -0.120. The first-order valence-corrected chi connectivity index (χ1v) is 7.59. The van der Waals surface area contributed by atoms with E-state index in [0.29, 0.717) is 0 Å². The van der Waals surface area contributed by atoms with Gasteiger partial charge in [-0.3, -0.25) is 4.79 Å². The first-order chi connectivity index (χ1) is 8.63. The van der Waals surface area contributed by atoms with Gasteiger partial charge in [-0.05, 0) is 37.6 Å². The zero-order valence-electron chi connectivity index (χ0n) is 10.9. The Morgan fingerprint density at radius 3 is 2.61 bits per heavy atom. The van der Waals surface area contributed by atoms with Gasteiger partial charge in [0, 0.05) is 16.5 Å². The Morgan fingerprint density at radius 2 is 2.00 bits per heavy atom. The summed E-state index contributed by atoms with van der Waals surface area (Å²) in [7, 11) is 0. The standard InChI is InChI=1S/C14H20ClNOS/c1-3-4-5-10-16-14(17)11(2)18-13-8-6-12(15)7-9-13/h6-9,11H,3-5,10H2,1-2H3,(H,16,17)/t11-/m0/s1. The summed E-state index contributed by atoms with van der Waals surface area (Å²) in [5.74, 6) is 0.103. The molecule has 0 bridgehead atoms. The van der Waals surface area contributed by atoms with Crippen LogP contribution in [0.15, 0.2) is 29.2 Å². The molecule has 4 heteroatoms. The maximum atomic E-state index is 11.8. The molecule has 0 aliphatic carbocycles. The third-order valence-electron chi connectivity index (χ3n) is 2.58. The number of hydrogen-bond donors (Lipinski definition) is 1. The predicted octanol–water partition coefficient (Wildman–Crippen LogP) is 4.13. The van der Waals surface area contributed by atoms with Crippen LogP contribution in [0.2, 0.25) is 5.02 Å². The second kappa shape index (κ2) is 8.44. The monoisotopic (exact) mass is 285 g/mol. The minimum atomic E-state index is -0.0761. The Hall–Kier alpha value is -0.670. The number of benzene rings is 1. The van der Waals surface area contributed by atoms with Gasteiger partial charge >= 0.3 is 0 Å². The number of carbonyl (C=O) groups is 1. The summed E-state index contributed by atoms with van der Waals surface area (Å²) in [6, 6.07) is 7.56. The van der Waals surface area contributed by atoms with Crippen LogP contribution in [0.4, 0.5) is 0 Å². The van der Waals surface area contributed by atoms with Crippen molar-refractivity contribution in [2.45, 2.75) is 43.3 Å². The first kappa shape index (κ1) is 15.4. The molecule has 100 valence electrons. The van der Waals surface area contributed by atoms with E-state index >= 15 is 0 Å². The van der Waals surface area contributed by atoms with Crippen LogP contribution in [0.5, 0.6) is 0 Å². The normalized spacial score (nSPS) is 12.2. The van der Waals surface area contributed by atoms with Crippen molar-refractivity contribution in [3.63, 3.8) is 0 Å². The van der Waals surface area contributed by atoms with Gasteiger partial charge < -0.3 is 5.32 Å². The Balaban J connectivity index is 2.33. The molecule has 2 nitrogen and oxygen atoms in total. The van der Waals surface area contributed by atoms with Crippen molar-refractivity contribution in [3.8, 4) is 0 Å². The predicted molar refractivity (Wildman–Crippen MR) is 79.3 cm³/mol. The number of halogens is 1. The van der Waals surface area contributed by atoms with Gasteiger partial charge in [0.15, 0.2) is 0 Å². The number of nitrogens with one attached hydrogen (secondary N) is 1. The van der Waals surface area contributed by atoms with Crippen molar-refractivity contribution in [2.24, 2.45) is 0 Å². The van der Waals surface area contributed by atoms with E-state index in [0.717, 1.165) is 22.9 Å². The molecule has 1 aromatic rings. The smallest absolute Gasteiger partial charge is 0.233 e. The molecule has 0 radical (unpaired) electrons. The lowest BCUT2D eigenvalue weighted by atomic mass is 10.2. The average molecular weight is 286 g/mol. The Morgan fingerprint density at radius 1 is 1.33 bits per heavy atom. The highest BCUT2D eigenvalue weighted by molar-refractivity contribution is 8.00. The largest absolute Gasteiger partial charge is 0.355 e. The third-order valence-corrected chi connectivity index (χ3v) is 3.94. The Labute approximate surface area is 118 Å². The number of hydrogen-bond acceptors (Lipinski definition) is 2. The summed E-state index contributed by atoms with van der Waals surface area (Å²) in [4.78, 5) is 12.9. The van der Waals surface area contributed by atoms with Crippen LogP contribution in [0.25, 0.3) is 0 Å². The second-order valence-corrected chi connectivity index (χ2v) is 6.06. The van der Waals surface area contributed by atoms with Gasteiger partial charge in [0.2, 0.25) is 5.91 Å². The van der Waals surface area contributed by atoms with Gasteiger partial charge in [-0.1, -0.05) is 31.4 Å². The molecule has 18 heavy (non-hydrogen) atoms. The molecule has 0 unspecified atom stereocenters. The number of carbonyl (C=O) groups excluding carboxylic acids is 1. The fourth-order valence-corrected chi connectivity index (χ4v) is 2.52. The van der Waals surface area contributed by atoms with E-state index in [4.69, 9.17) is 11.6 Å². The van der Waals surface area contributed by atoms with Crippen molar-refractivity contribution in [1.29, 1.82) is 0 Å². The molecule has 0 aromatic heterocycles. The molecule has 0 saturated carbocycles. The Bertz CT molecular complexity index is 367.